The molecule has 110 valence electrons. The van der Waals surface area contributed by atoms with E-state index in [1.807, 2.05) is 0 Å². The summed E-state index contributed by atoms with van der Waals surface area (Å²) in [5.41, 5.74) is -0.198. The second-order valence-corrected chi connectivity index (χ2v) is 4.94. The van der Waals surface area contributed by atoms with Crippen LogP contribution in [0.1, 0.15) is 18.2 Å². The van der Waals surface area contributed by atoms with Crippen molar-refractivity contribution in [2.75, 3.05) is 13.7 Å². The van der Waals surface area contributed by atoms with Gasteiger partial charge in [0.15, 0.2) is 0 Å². The highest BCUT2D eigenvalue weighted by atomic mass is 16.5. The van der Waals surface area contributed by atoms with Crippen LogP contribution in [-0.2, 0) is 16.5 Å². The van der Waals surface area contributed by atoms with E-state index in [1.165, 1.54) is 17.8 Å². The molecule has 0 aromatic carbocycles. The molecule has 0 aliphatic carbocycles. The third-order valence-corrected chi connectivity index (χ3v) is 3.56. The van der Waals surface area contributed by atoms with Crippen molar-refractivity contribution in [3.63, 3.8) is 0 Å². The van der Waals surface area contributed by atoms with E-state index in [0.717, 1.165) is 4.57 Å². The summed E-state index contributed by atoms with van der Waals surface area (Å²) in [4.78, 5) is 27.9. The van der Waals surface area contributed by atoms with E-state index < -0.39 is 11.9 Å². The van der Waals surface area contributed by atoms with E-state index in [1.54, 1.807) is 14.0 Å². The standard InChI is InChI=1S/C13H19N3O4/c1-8-6-16(13(18)15(3)12(8)17)11-5-9(14-2)10(20-11)7-19-4/h6,9-11H,2,5,7H2,1,3-4H3/t9?,10-,11-/m1/s1. The van der Waals surface area contributed by atoms with Gasteiger partial charge >= 0.3 is 5.69 Å². The molecular formula is C13H19N3O4. The molecule has 0 spiro atoms. The lowest BCUT2D eigenvalue weighted by atomic mass is 10.1. The number of hydrogen-bond acceptors (Lipinski definition) is 5. The minimum atomic E-state index is -0.455. The topological polar surface area (TPSA) is 74.8 Å². The predicted molar refractivity (Wildman–Crippen MR) is 74.4 cm³/mol. The number of aromatic nitrogens is 2. The average molecular weight is 281 g/mol. The first-order valence-electron chi connectivity index (χ1n) is 6.38. The van der Waals surface area contributed by atoms with Gasteiger partial charge in [-0.2, -0.15) is 0 Å². The normalized spacial score (nSPS) is 25.9. The molecule has 3 atom stereocenters. The molecule has 7 heteroatoms. The van der Waals surface area contributed by atoms with Gasteiger partial charge in [-0.25, -0.2) is 4.79 Å². The molecule has 1 fully saturated rings. The highest BCUT2D eigenvalue weighted by Crippen LogP contribution is 2.29. The Labute approximate surface area is 116 Å². The molecule has 20 heavy (non-hydrogen) atoms. The van der Waals surface area contributed by atoms with E-state index in [-0.39, 0.29) is 17.7 Å². The molecule has 7 nitrogen and oxygen atoms in total. The number of methoxy groups -OCH3 is 1. The Morgan fingerprint density at radius 2 is 2.25 bits per heavy atom. The van der Waals surface area contributed by atoms with Gasteiger partial charge in [-0.15, -0.1) is 0 Å². The summed E-state index contributed by atoms with van der Waals surface area (Å²) in [6.07, 6.45) is 1.38. The van der Waals surface area contributed by atoms with E-state index in [0.29, 0.717) is 18.6 Å². The van der Waals surface area contributed by atoms with Crippen molar-refractivity contribution >= 4 is 6.72 Å². The Morgan fingerprint density at radius 3 is 2.85 bits per heavy atom. The van der Waals surface area contributed by atoms with Crippen LogP contribution in [0.2, 0.25) is 0 Å². The number of ether oxygens (including phenoxy) is 2. The molecule has 2 rings (SSSR count). The van der Waals surface area contributed by atoms with E-state index in [9.17, 15) is 9.59 Å². The Hall–Kier alpha value is -1.73. The number of rotatable bonds is 4. The van der Waals surface area contributed by atoms with Crippen molar-refractivity contribution in [1.82, 2.24) is 9.13 Å². The molecule has 0 bridgehead atoms. The van der Waals surface area contributed by atoms with Crippen molar-refractivity contribution < 1.29 is 9.47 Å². The fourth-order valence-electron chi connectivity index (χ4n) is 2.44. The zero-order valence-corrected chi connectivity index (χ0v) is 11.9. The van der Waals surface area contributed by atoms with E-state index in [4.69, 9.17) is 9.47 Å². The third-order valence-electron chi connectivity index (χ3n) is 3.56. The maximum absolute atomic E-state index is 12.2. The molecule has 1 aliphatic rings. The van der Waals surface area contributed by atoms with Crippen molar-refractivity contribution in [2.45, 2.75) is 31.7 Å². The molecule has 0 N–H and O–H groups in total. The Bertz CT molecular complexity index is 619. The van der Waals surface area contributed by atoms with Crippen molar-refractivity contribution in [2.24, 2.45) is 12.0 Å². The second-order valence-electron chi connectivity index (χ2n) is 4.94. The Balaban J connectivity index is 2.37. The first kappa shape index (κ1) is 14.7. The van der Waals surface area contributed by atoms with Gasteiger partial charge in [0, 0.05) is 32.3 Å². The van der Waals surface area contributed by atoms with E-state index >= 15 is 0 Å². The van der Waals surface area contributed by atoms with Crippen molar-refractivity contribution in [3.05, 3.63) is 32.6 Å². The molecule has 0 saturated carbocycles. The third kappa shape index (κ3) is 2.46. The SMILES string of the molecule is C=NC1C[C@H](n2cc(C)c(=O)n(C)c2=O)O[C@@H]1COC. The van der Waals surface area contributed by atoms with Crippen LogP contribution in [0.25, 0.3) is 0 Å². The fourth-order valence-corrected chi connectivity index (χ4v) is 2.44. The van der Waals surface area contributed by atoms with Gasteiger partial charge in [0.25, 0.3) is 5.56 Å². The van der Waals surface area contributed by atoms with Crippen LogP contribution in [-0.4, -0.2) is 41.7 Å². The zero-order valence-electron chi connectivity index (χ0n) is 11.9. The molecule has 0 amide bonds. The van der Waals surface area contributed by atoms with Crippen molar-refractivity contribution in [3.8, 4) is 0 Å². The van der Waals surface area contributed by atoms with E-state index in [2.05, 4.69) is 11.7 Å². The maximum atomic E-state index is 12.2. The van der Waals surface area contributed by atoms with Gasteiger partial charge in [0.1, 0.15) is 12.3 Å². The van der Waals surface area contributed by atoms with Gasteiger partial charge in [0.05, 0.1) is 12.6 Å². The lowest BCUT2D eigenvalue weighted by molar-refractivity contribution is -0.0364. The first-order valence-corrected chi connectivity index (χ1v) is 6.38. The smallest absolute Gasteiger partial charge is 0.332 e. The molecule has 1 unspecified atom stereocenters. The summed E-state index contributed by atoms with van der Waals surface area (Å²) < 4.78 is 13.4. The first-order chi connectivity index (χ1) is 9.49. The summed E-state index contributed by atoms with van der Waals surface area (Å²) in [5, 5.41) is 0. The minimum Gasteiger partial charge on any atom is -0.382 e. The summed E-state index contributed by atoms with van der Waals surface area (Å²) >= 11 is 0. The molecule has 2 heterocycles. The average Bonchev–Trinajstić information content (AvgIpc) is 2.84. The monoisotopic (exact) mass is 281 g/mol. The van der Waals surface area contributed by atoms with Gasteiger partial charge in [-0.1, -0.05) is 0 Å². The summed E-state index contributed by atoms with van der Waals surface area (Å²) in [5.74, 6) is 0. The quantitative estimate of drug-likeness (QED) is 0.720. The Kier molecular flexibility index (Phi) is 4.20. The molecular weight excluding hydrogens is 262 g/mol. The molecule has 0 radical (unpaired) electrons. The van der Waals surface area contributed by atoms with Crippen LogP contribution >= 0.6 is 0 Å². The molecule has 1 aromatic heterocycles. The number of hydrogen-bond donors (Lipinski definition) is 0. The number of aryl methyl sites for hydroxylation is 1. The minimum absolute atomic E-state index is 0.121. The molecule has 1 saturated heterocycles. The van der Waals surface area contributed by atoms with Gasteiger partial charge < -0.3 is 9.47 Å². The summed E-state index contributed by atoms with van der Waals surface area (Å²) in [6, 6.07) is -0.121. The number of nitrogens with zero attached hydrogens (tertiary/aromatic N) is 3. The summed E-state index contributed by atoms with van der Waals surface area (Å²) in [6.45, 7) is 5.61. The molecule has 1 aliphatic heterocycles. The van der Waals surface area contributed by atoms with Crippen molar-refractivity contribution in [1.29, 1.82) is 0 Å². The van der Waals surface area contributed by atoms with Gasteiger partial charge in [0.2, 0.25) is 0 Å². The van der Waals surface area contributed by atoms with Crippen LogP contribution in [0.15, 0.2) is 20.8 Å². The number of aliphatic imine (C=N–C) groups is 1. The largest absolute Gasteiger partial charge is 0.382 e. The fraction of sp³-hybridized carbons (Fsp3) is 0.615. The van der Waals surface area contributed by atoms with Crippen LogP contribution in [0.4, 0.5) is 0 Å². The lowest BCUT2D eigenvalue weighted by Gasteiger charge is -2.16. The van der Waals surface area contributed by atoms with Gasteiger partial charge in [-0.3, -0.25) is 18.9 Å². The summed E-state index contributed by atoms with van der Waals surface area (Å²) in [7, 11) is 3.04. The molecule has 1 aromatic rings. The van der Waals surface area contributed by atoms with Crippen LogP contribution in [0, 0.1) is 6.92 Å². The highest BCUT2D eigenvalue weighted by Gasteiger charge is 2.36. The van der Waals surface area contributed by atoms with Gasteiger partial charge in [-0.05, 0) is 13.6 Å². The van der Waals surface area contributed by atoms with Crippen LogP contribution in [0.5, 0.6) is 0 Å². The van der Waals surface area contributed by atoms with Crippen LogP contribution < -0.4 is 11.2 Å². The zero-order chi connectivity index (χ0) is 14.9. The van der Waals surface area contributed by atoms with Crippen LogP contribution in [0.3, 0.4) is 0 Å². The Morgan fingerprint density at radius 1 is 1.55 bits per heavy atom. The maximum Gasteiger partial charge on any atom is 0.332 e. The second kappa shape index (κ2) is 5.72. The predicted octanol–water partition coefficient (Wildman–Crippen LogP) is -0.141. The highest BCUT2D eigenvalue weighted by molar-refractivity contribution is 5.25. The lowest BCUT2D eigenvalue weighted by Crippen LogP contribution is -2.40.